The molecule has 5 heteroatoms. The zero-order chi connectivity index (χ0) is 18.4. The molecule has 0 atom stereocenters. The number of halogens is 3. The molecule has 1 aliphatic rings. The van der Waals surface area contributed by atoms with E-state index < -0.39 is 0 Å². The summed E-state index contributed by atoms with van der Waals surface area (Å²) in [6.07, 6.45) is 7.90. The van der Waals surface area contributed by atoms with Crippen LogP contribution in [0.2, 0.25) is 10.0 Å². The maximum atomic E-state index is 6.25. The minimum Gasteiger partial charge on any atom is -0.488 e. The van der Waals surface area contributed by atoms with Crippen molar-refractivity contribution in [2.45, 2.75) is 57.7 Å². The maximum absolute atomic E-state index is 6.25. The summed E-state index contributed by atoms with van der Waals surface area (Å²) in [7, 11) is 0. The fraction of sp³-hybridized carbons (Fsp3) is 0.429. The molecule has 0 aliphatic heterocycles. The molecule has 1 saturated carbocycles. The van der Waals surface area contributed by atoms with Crippen molar-refractivity contribution in [3.63, 3.8) is 0 Å². The molecule has 3 rings (SSSR count). The van der Waals surface area contributed by atoms with Gasteiger partial charge >= 0.3 is 0 Å². The highest BCUT2D eigenvalue weighted by atomic mass is 79.9. The molecule has 0 spiro atoms. The van der Waals surface area contributed by atoms with Gasteiger partial charge in [-0.3, -0.25) is 0 Å². The normalized spacial score (nSPS) is 15.7. The van der Waals surface area contributed by atoms with Crippen LogP contribution in [0.3, 0.4) is 0 Å². The molecule has 0 heterocycles. The quantitative estimate of drug-likeness (QED) is 0.466. The Balaban J connectivity index is 1.67. The summed E-state index contributed by atoms with van der Waals surface area (Å²) in [6, 6.07) is 12.2. The summed E-state index contributed by atoms with van der Waals surface area (Å²) >= 11 is 16.1. The van der Waals surface area contributed by atoms with Gasteiger partial charge in [-0.15, -0.1) is 0 Å². The lowest BCUT2D eigenvalue weighted by Crippen LogP contribution is -2.28. The van der Waals surface area contributed by atoms with Gasteiger partial charge in [0.2, 0.25) is 0 Å². The second kappa shape index (κ2) is 9.98. The first kappa shape index (κ1) is 20.0. The van der Waals surface area contributed by atoms with E-state index in [2.05, 4.69) is 27.3 Å². The molecule has 1 aliphatic carbocycles. The number of hydrogen-bond donors (Lipinski definition) is 1. The van der Waals surface area contributed by atoms with Crippen molar-refractivity contribution in [1.82, 2.24) is 5.32 Å². The van der Waals surface area contributed by atoms with Gasteiger partial charge in [0.25, 0.3) is 0 Å². The van der Waals surface area contributed by atoms with E-state index in [1.807, 2.05) is 30.3 Å². The Morgan fingerprint density at radius 3 is 2.38 bits per heavy atom. The molecule has 2 aromatic rings. The van der Waals surface area contributed by atoms with Crippen LogP contribution in [0.25, 0.3) is 0 Å². The molecule has 2 aromatic carbocycles. The van der Waals surface area contributed by atoms with E-state index in [1.165, 1.54) is 38.5 Å². The van der Waals surface area contributed by atoms with Crippen LogP contribution in [-0.4, -0.2) is 6.04 Å². The van der Waals surface area contributed by atoms with Crippen molar-refractivity contribution in [3.8, 4) is 5.75 Å². The molecule has 0 bridgehead atoms. The molecule has 0 saturated heterocycles. The SMILES string of the molecule is Clc1cccc(Cl)c1COc1ccc(Br)cc1CNC1CCCCCC1. The van der Waals surface area contributed by atoms with Crippen molar-refractivity contribution < 1.29 is 4.74 Å². The highest BCUT2D eigenvalue weighted by molar-refractivity contribution is 9.10. The smallest absolute Gasteiger partial charge is 0.124 e. The fourth-order valence-corrected chi connectivity index (χ4v) is 4.30. The molecule has 26 heavy (non-hydrogen) atoms. The number of hydrogen-bond acceptors (Lipinski definition) is 2. The van der Waals surface area contributed by atoms with Crippen molar-refractivity contribution in [2.24, 2.45) is 0 Å². The third-order valence-corrected chi connectivity index (χ3v) is 6.09. The van der Waals surface area contributed by atoms with E-state index >= 15 is 0 Å². The number of ether oxygens (including phenoxy) is 1. The standard InChI is InChI=1S/C21H24BrCl2NO/c22-16-10-11-21(26-14-18-19(23)8-5-9-20(18)24)15(12-16)13-25-17-6-3-1-2-4-7-17/h5,8-12,17,25H,1-4,6-7,13-14H2. The van der Waals surface area contributed by atoms with E-state index in [9.17, 15) is 0 Å². The summed E-state index contributed by atoms with van der Waals surface area (Å²) in [6.45, 7) is 1.16. The Morgan fingerprint density at radius 2 is 1.69 bits per heavy atom. The highest BCUT2D eigenvalue weighted by Gasteiger charge is 2.14. The Hall–Kier alpha value is -0.740. The van der Waals surface area contributed by atoms with Gasteiger partial charge in [-0.05, 0) is 43.2 Å². The highest BCUT2D eigenvalue weighted by Crippen LogP contribution is 2.29. The topological polar surface area (TPSA) is 21.3 Å². The molecule has 1 N–H and O–H groups in total. The van der Waals surface area contributed by atoms with E-state index in [0.717, 1.165) is 27.9 Å². The first-order chi connectivity index (χ1) is 12.6. The van der Waals surface area contributed by atoms with E-state index in [4.69, 9.17) is 27.9 Å². The van der Waals surface area contributed by atoms with Gasteiger partial charge in [0, 0.05) is 38.2 Å². The Bertz CT molecular complexity index is 710. The van der Waals surface area contributed by atoms with Crippen LogP contribution in [-0.2, 0) is 13.2 Å². The third-order valence-electron chi connectivity index (χ3n) is 4.89. The Labute approximate surface area is 174 Å². The predicted molar refractivity (Wildman–Crippen MR) is 113 cm³/mol. The summed E-state index contributed by atoms with van der Waals surface area (Å²) in [5.74, 6) is 0.866. The third kappa shape index (κ3) is 5.63. The minimum atomic E-state index is 0.358. The number of benzene rings is 2. The summed E-state index contributed by atoms with van der Waals surface area (Å²) < 4.78 is 7.13. The van der Waals surface area contributed by atoms with Crippen molar-refractivity contribution >= 4 is 39.1 Å². The minimum absolute atomic E-state index is 0.358. The second-order valence-corrected chi connectivity index (χ2v) is 8.54. The fourth-order valence-electron chi connectivity index (χ4n) is 3.38. The van der Waals surface area contributed by atoms with Gasteiger partial charge in [0.1, 0.15) is 12.4 Å². The predicted octanol–water partition coefficient (Wildman–Crippen LogP) is 7.15. The van der Waals surface area contributed by atoms with Gasteiger partial charge in [-0.2, -0.15) is 0 Å². The van der Waals surface area contributed by atoms with Crippen molar-refractivity contribution in [2.75, 3.05) is 0 Å². The van der Waals surface area contributed by atoms with E-state index in [-0.39, 0.29) is 0 Å². The lowest BCUT2D eigenvalue weighted by molar-refractivity contribution is 0.301. The Kier molecular flexibility index (Phi) is 7.68. The number of rotatable bonds is 6. The zero-order valence-electron chi connectivity index (χ0n) is 14.7. The number of nitrogens with one attached hydrogen (secondary N) is 1. The molecule has 0 amide bonds. The van der Waals surface area contributed by atoms with Crippen LogP contribution >= 0.6 is 39.1 Å². The van der Waals surface area contributed by atoms with E-state index in [1.54, 1.807) is 0 Å². The van der Waals surface area contributed by atoms with Crippen LogP contribution in [0.4, 0.5) is 0 Å². The van der Waals surface area contributed by atoms with Crippen LogP contribution in [0.5, 0.6) is 5.75 Å². The summed E-state index contributed by atoms with van der Waals surface area (Å²) in [5.41, 5.74) is 1.97. The van der Waals surface area contributed by atoms with Gasteiger partial charge in [0.15, 0.2) is 0 Å². The molecule has 1 fully saturated rings. The van der Waals surface area contributed by atoms with Gasteiger partial charge in [-0.1, -0.05) is 70.9 Å². The summed E-state index contributed by atoms with van der Waals surface area (Å²) in [5, 5.41) is 4.98. The zero-order valence-corrected chi connectivity index (χ0v) is 17.8. The van der Waals surface area contributed by atoms with Crippen molar-refractivity contribution in [3.05, 3.63) is 62.0 Å². The average Bonchev–Trinajstić information content (AvgIpc) is 2.89. The van der Waals surface area contributed by atoms with E-state index in [0.29, 0.717) is 22.7 Å². The summed E-state index contributed by atoms with van der Waals surface area (Å²) in [4.78, 5) is 0. The van der Waals surface area contributed by atoms with Crippen LogP contribution < -0.4 is 10.1 Å². The average molecular weight is 457 g/mol. The molecule has 0 radical (unpaired) electrons. The lowest BCUT2D eigenvalue weighted by atomic mass is 10.1. The van der Waals surface area contributed by atoms with Crippen LogP contribution in [0.1, 0.15) is 49.7 Å². The van der Waals surface area contributed by atoms with Gasteiger partial charge in [-0.25, -0.2) is 0 Å². The molecule has 0 aromatic heterocycles. The molecular formula is C21H24BrCl2NO. The maximum Gasteiger partial charge on any atom is 0.124 e. The Morgan fingerprint density at radius 1 is 1.00 bits per heavy atom. The second-order valence-electron chi connectivity index (χ2n) is 6.81. The van der Waals surface area contributed by atoms with Crippen LogP contribution in [0, 0.1) is 0 Å². The van der Waals surface area contributed by atoms with Crippen LogP contribution in [0.15, 0.2) is 40.9 Å². The molecule has 0 unspecified atom stereocenters. The van der Waals surface area contributed by atoms with Crippen molar-refractivity contribution in [1.29, 1.82) is 0 Å². The first-order valence-electron chi connectivity index (χ1n) is 9.21. The molecular weight excluding hydrogens is 433 g/mol. The monoisotopic (exact) mass is 455 g/mol. The van der Waals surface area contributed by atoms with Gasteiger partial charge < -0.3 is 10.1 Å². The van der Waals surface area contributed by atoms with Gasteiger partial charge in [0.05, 0.1) is 0 Å². The molecule has 2 nitrogen and oxygen atoms in total. The molecule has 140 valence electrons. The lowest BCUT2D eigenvalue weighted by Gasteiger charge is -2.18. The largest absolute Gasteiger partial charge is 0.488 e. The first-order valence-corrected chi connectivity index (χ1v) is 10.8.